The Morgan fingerprint density at radius 2 is 2.29 bits per heavy atom. The molecule has 1 saturated heterocycles. The van der Waals surface area contributed by atoms with Crippen LogP contribution in [-0.2, 0) is 0 Å². The molecule has 1 aromatic rings. The molecule has 0 aromatic heterocycles. The number of nitrogens with zero attached hydrogens (tertiary/aromatic N) is 1. The average Bonchev–Trinajstić information content (AvgIpc) is 2.75. The molecule has 1 heterocycles. The Labute approximate surface area is 107 Å². The fourth-order valence-corrected chi connectivity index (χ4v) is 1.91. The highest BCUT2D eigenvalue weighted by Gasteiger charge is 2.24. The lowest BCUT2D eigenvalue weighted by Gasteiger charge is -2.16. The number of halogens is 1. The quantitative estimate of drug-likeness (QED) is 0.868. The molecule has 2 N–H and O–H groups in total. The Kier molecular flexibility index (Phi) is 4.78. The van der Waals surface area contributed by atoms with Crippen molar-refractivity contribution in [2.75, 3.05) is 20.2 Å². The van der Waals surface area contributed by atoms with E-state index < -0.39 is 0 Å². The standard InChI is InChI=1S/C12H16N2O2.ClH/c1-16-11-4-2-3-9(7-11)12(15)14-6-5-10(13)8-14;/h2-4,7,10H,5-6,8,13H2,1H3;1H/t10-;/m0./s1. The molecule has 1 aliphatic heterocycles. The summed E-state index contributed by atoms with van der Waals surface area (Å²) in [6.07, 6.45) is 0.885. The fraction of sp³-hybridized carbons (Fsp3) is 0.417. The molecule has 5 heteroatoms. The number of carbonyl (C=O) groups excluding carboxylic acids is 1. The summed E-state index contributed by atoms with van der Waals surface area (Å²) in [5.41, 5.74) is 6.44. The van der Waals surface area contributed by atoms with Crippen molar-refractivity contribution in [1.82, 2.24) is 4.90 Å². The van der Waals surface area contributed by atoms with Crippen molar-refractivity contribution in [1.29, 1.82) is 0 Å². The predicted molar refractivity (Wildman–Crippen MR) is 68.7 cm³/mol. The van der Waals surface area contributed by atoms with Crippen molar-refractivity contribution in [2.24, 2.45) is 5.73 Å². The molecule has 0 radical (unpaired) electrons. The number of carbonyl (C=O) groups is 1. The maximum Gasteiger partial charge on any atom is 0.254 e. The molecule has 0 bridgehead atoms. The number of amides is 1. The van der Waals surface area contributed by atoms with Gasteiger partial charge in [-0.25, -0.2) is 0 Å². The minimum absolute atomic E-state index is 0. The number of rotatable bonds is 2. The second-order valence-electron chi connectivity index (χ2n) is 4.03. The summed E-state index contributed by atoms with van der Waals surface area (Å²) < 4.78 is 5.09. The molecule has 1 atom stereocenters. The van der Waals surface area contributed by atoms with Gasteiger partial charge in [-0.2, -0.15) is 0 Å². The second-order valence-corrected chi connectivity index (χ2v) is 4.03. The van der Waals surface area contributed by atoms with Crippen LogP contribution >= 0.6 is 12.4 Å². The monoisotopic (exact) mass is 256 g/mol. The van der Waals surface area contributed by atoms with Crippen molar-refractivity contribution in [2.45, 2.75) is 12.5 Å². The summed E-state index contributed by atoms with van der Waals surface area (Å²) in [5, 5.41) is 0. The van der Waals surface area contributed by atoms with Gasteiger partial charge in [0.1, 0.15) is 5.75 Å². The predicted octanol–water partition coefficient (Wildman–Crippen LogP) is 1.29. The highest BCUT2D eigenvalue weighted by Crippen LogP contribution is 2.16. The Morgan fingerprint density at radius 3 is 2.88 bits per heavy atom. The third kappa shape index (κ3) is 3.11. The zero-order valence-corrected chi connectivity index (χ0v) is 10.6. The van der Waals surface area contributed by atoms with Gasteiger partial charge in [0.05, 0.1) is 7.11 Å². The first-order valence-electron chi connectivity index (χ1n) is 5.39. The Hall–Kier alpha value is -1.26. The van der Waals surface area contributed by atoms with Crippen LogP contribution in [0, 0.1) is 0 Å². The largest absolute Gasteiger partial charge is 0.497 e. The summed E-state index contributed by atoms with van der Waals surface area (Å²) in [4.78, 5) is 13.9. The Bertz CT molecular complexity index is 398. The van der Waals surface area contributed by atoms with Gasteiger partial charge in [0.2, 0.25) is 0 Å². The van der Waals surface area contributed by atoms with Gasteiger partial charge in [0, 0.05) is 24.7 Å². The van der Waals surface area contributed by atoms with Crippen molar-refractivity contribution in [3.8, 4) is 5.75 Å². The Morgan fingerprint density at radius 1 is 1.53 bits per heavy atom. The van der Waals surface area contributed by atoms with E-state index in [1.54, 1.807) is 24.1 Å². The van der Waals surface area contributed by atoms with Crippen LogP contribution in [0.25, 0.3) is 0 Å². The van der Waals surface area contributed by atoms with Crippen molar-refractivity contribution in [3.05, 3.63) is 29.8 Å². The number of hydrogen-bond donors (Lipinski definition) is 1. The maximum absolute atomic E-state index is 12.1. The van der Waals surface area contributed by atoms with Crippen LogP contribution in [0.1, 0.15) is 16.8 Å². The highest BCUT2D eigenvalue weighted by molar-refractivity contribution is 5.94. The van der Waals surface area contributed by atoms with E-state index in [1.165, 1.54) is 0 Å². The molecule has 1 fully saturated rings. The molecule has 1 aromatic carbocycles. The van der Waals surface area contributed by atoms with Crippen molar-refractivity contribution >= 4 is 18.3 Å². The number of methoxy groups -OCH3 is 1. The SMILES string of the molecule is COc1cccc(C(=O)N2CC[C@H](N)C2)c1.Cl. The number of ether oxygens (including phenoxy) is 1. The second kappa shape index (κ2) is 5.89. The van der Waals surface area contributed by atoms with Gasteiger partial charge >= 0.3 is 0 Å². The first-order valence-corrected chi connectivity index (χ1v) is 5.39. The van der Waals surface area contributed by atoms with Gasteiger partial charge in [-0.3, -0.25) is 4.79 Å². The topological polar surface area (TPSA) is 55.6 Å². The molecule has 4 nitrogen and oxygen atoms in total. The average molecular weight is 257 g/mol. The van der Waals surface area contributed by atoms with E-state index in [-0.39, 0.29) is 24.4 Å². The zero-order chi connectivity index (χ0) is 11.5. The molecular weight excluding hydrogens is 240 g/mol. The minimum Gasteiger partial charge on any atom is -0.497 e. The molecule has 0 aliphatic carbocycles. The van der Waals surface area contributed by atoms with E-state index in [2.05, 4.69) is 0 Å². The molecule has 0 unspecified atom stereocenters. The number of hydrogen-bond acceptors (Lipinski definition) is 3. The van der Waals surface area contributed by atoms with Crippen LogP contribution in [0.3, 0.4) is 0 Å². The zero-order valence-electron chi connectivity index (χ0n) is 9.76. The summed E-state index contributed by atoms with van der Waals surface area (Å²) in [6.45, 7) is 1.40. The van der Waals surface area contributed by atoms with Gasteiger partial charge in [-0.15, -0.1) is 12.4 Å². The molecule has 0 saturated carbocycles. The van der Waals surface area contributed by atoms with E-state index in [0.717, 1.165) is 13.0 Å². The van der Waals surface area contributed by atoms with Crippen molar-refractivity contribution in [3.63, 3.8) is 0 Å². The normalized spacial score (nSPS) is 18.7. The van der Waals surface area contributed by atoms with Gasteiger partial charge in [-0.05, 0) is 24.6 Å². The first kappa shape index (κ1) is 13.8. The molecule has 1 amide bonds. The van der Waals surface area contributed by atoms with Crippen LogP contribution in [0.2, 0.25) is 0 Å². The third-order valence-corrected chi connectivity index (χ3v) is 2.83. The van der Waals surface area contributed by atoms with Gasteiger partial charge in [0.15, 0.2) is 0 Å². The summed E-state index contributed by atoms with van der Waals surface area (Å²) in [5.74, 6) is 0.737. The third-order valence-electron chi connectivity index (χ3n) is 2.83. The van der Waals surface area contributed by atoms with Crippen molar-refractivity contribution < 1.29 is 9.53 Å². The van der Waals surface area contributed by atoms with Gasteiger partial charge < -0.3 is 15.4 Å². The highest BCUT2D eigenvalue weighted by atomic mass is 35.5. The fourth-order valence-electron chi connectivity index (χ4n) is 1.91. The maximum atomic E-state index is 12.1. The summed E-state index contributed by atoms with van der Waals surface area (Å²) in [6, 6.07) is 7.32. The molecule has 94 valence electrons. The minimum atomic E-state index is 0. The van der Waals surface area contributed by atoms with Gasteiger partial charge in [0.25, 0.3) is 5.91 Å². The first-order chi connectivity index (χ1) is 7.70. The molecule has 0 spiro atoms. The molecule has 1 aliphatic rings. The lowest BCUT2D eigenvalue weighted by atomic mass is 10.2. The van der Waals surface area contributed by atoms with Crippen LogP contribution in [-0.4, -0.2) is 37.0 Å². The molecule has 17 heavy (non-hydrogen) atoms. The van der Waals surface area contributed by atoms with E-state index in [0.29, 0.717) is 17.9 Å². The smallest absolute Gasteiger partial charge is 0.254 e. The van der Waals surface area contributed by atoms with Crippen LogP contribution in [0.5, 0.6) is 5.75 Å². The Balaban J connectivity index is 0.00000144. The number of likely N-dealkylation sites (tertiary alicyclic amines) is 1. The van der Waals surface area contributed by atoms with E-state index in [9.17, 15) is 4.79 Å². The van der Waals surface area contributed by atoms with E-state index in [4.69, 9.17) is 10.5 Å². The van der Waals surface area contributed by atoms with Crippen LogP contribution < -0.4 is 10.5 Å². The van der Waals surface area contributed by atoms with E-state index >= 15 is 0 Å². The molecule has 2 rings (SSSR count). The number of benzene rings is 1. The van der Waals surface area contributed by atoms with Gasteiger partial charge in [-0.1, -0.05) is 6.07 Å². The number of nitrogens with two attached hydrogens (primary N) is 1. The van der Waals surface area contributed by atoms with E-state index in [1.807, 2.05) is 12.1 Å². The lowest BCUT2D eigenvalue weighted by molar-refractivity contribution is 0.0790. The lowest BCUT2D eigenvalue weighted by Crippen LogP contribution is -2.31. The van der Waals surface area contributed by atoms with Crippen LogP contribution in [0.4, 0.5) is 0 Å². The molecular formula is C12H17ClN2O2. The summed E-state index contributed by atoms with van der Waals surface area (Å²) >= 11 is 0. The summed E-state index contributed by atoms with van der Waals surface area (Å²) in [7, 11) is 1.59. The van der Waals surface area contributed by atoms with Crippen LogP contribution in [0.15, 0.2) is 24.3 Å².